The highest BCUT2D eigenvalue weighted by atomic mass is 16.5. The van der Waals surface area contributed by atoms with Crippen LogP contribution < -0.4 is 5.32 Å². The molecule has 6 heteroatoms. The lowest BCUT2D eigenvalue weighted by Gasteiger charge is -2.07. The average molecular weight is 249 g/mol. The van der Waals surface area contributed by atoms with Crippen LogP contribution in [-0.2, 0) is 4.74 Å². The molecule has 2 aromatic heterocycles. The summed E-state index contributed by atoms with van der Waals surface area (Å²) in [4.78, 5) is 4.45. The van der Waals surface area contributed by atoms with Gasteiger partial charge in [-0.2, -0.15) is 5.10 Å². The van der Waals surface area contributed by atoms with Crippen molar-refractivity contribution in [2.24, 2.45) is 0 Å². The molecule has 0 aliphatic carbocycles. The van der Waals surface area contributed by atoms with Crippen LogP contribution in [0.25, 0.3) is 5.69 Å². The number of hydrogen-bond donors (Lipinski definition) is 2. The van der Waals surface area contributed by atoms with Gasteiger partial charge in [0.25, 0.3) is 0 Å². The molecule has 0 atom stereocenters. The summed E-state index contributed by atoms with van der Waals surface area (Å²) in [6.07, 6.45) is 6.56. The summed E-state index contributed by atoms with van der Waals surface area (Å²) in [5, 5.41) is 10.1. The van der Waals surface area contributed by atoms with E-state index in [1.54, 1.807) is 6.20 Å². The minimum absolute atomic E-state index is 0.767. The molecule has 0 bridgehead atoms. The van der Waals surface area contributed by atoms with Gasteiger partial charge in [0.1, 0.15) is 0 Å². The van der Waals surface area contributed by atoms with Crippen LogP contribution in [0.1, 0.15) is 19.0 Å². The van der Waals surface area contributed by atoms with E-state index in [-0.39, 0.29) is 0 Å². The standard InChI is InChI=1S/C12H19N5O/c1-3-18-6-4-5-13-12-16-10(2)9-17(12)11-7-14-15-8-11/h7-9H,3-6H2,1-2H3,(H,13,16)(H,14,15). The molecule has 2 N–H and O–H groups in total. The predicted octanol–water partition coefficient (Wildman–Crippen LogP) is 1.74. The molecule has 0 fully saturated rings. The van der Waals surface area contributed by atoms with Crippen molar-refractivity contribution in [3.05, 3.63) is 24.3 Å². The molecule has 0 saturated carbocycles. The summed E-state index contributed by atoms with van der Waals surface area (Å²) in [7, 11) is 0. The number of aromatic amines is 1. The number of hydrogen-bond acceptors (Lipinski definition) is 4. The lowest BCUT2D eigenvalue weighted by atomic mass is 10.4. The van der Waals surface area contributed by atoms with Gasteiger partial charge in [0.05, 0.1) is 17.6 Å². The van der Waals surface area contributed by atoms with E-state index in [1.807, 2.05) is 30.8 Å². The van der Waals surface area contributed by atoms with Crippen LogP contribution in [0.15, 0.2) is 18.6 Å². The number of nitrogens with one attached hydrogen (secondary N) is 2. The topological polar surface area (TPSA) is 67.8 Å². The van der Waals surface area contributed by atoms with Gasteiger partial charge in [0.15, 0.2) is 0 Å². The molecular formula is C12H19N5O. The van der Waals surface area contributed by atoms with E-state index in [0.717, 1.165) is 43.5 Å². The van der Waals surface area contributed by atoms with Crippen LogP contribution in [0.2, 0.25) is 0 Å². The van der Waals surface area contributed by atoms with Crippen LogP contribution in [0.4, 0.5) is 5.95 Å². The van der Waals surface area contributed by atoms with Gasteiger partial charge in [0, 0.05) is 32.2 Å². The number of H-pyrrole nitrogens is 1. The lowest BCUT2D eigenvalue weighted by Crippen LogP contribution is -2.09. The Morgan fingerprint density at radius 1 is 1.50 bits per heavy atom. The zero-order valence-corrected chi connectivity index (χ0v) is 10.8. The van der Waals surface area contributed by atoms with Crippen LogP contribution in [0.5, 0.6) is 0 Å². The van der Waals surface area contributed by atoms with E-state index in [2.05, 4.69) is 20.5 Å². The minimum atomic E-state index is 0.767. The largest absolute Gasteiger partial charge is 0.382 e. The first kappa shape index (κ1) is 12.6. The van der Waals surface area contributed by atoms with Gasteiger partial charge in [-0.1, -0.05) is 0 Å². The van der Waals surface area contributed by atoms with Crippen LogP contribution in [0, 0.1) is 6.92 Å². The van der Waals surface area contributed by atoms with E-state index in [4.69, 9.17) is 4.74 Å². The van der Waals surface area contributed by atoms with E-state index in [0.29, 0.717) is 0 Å². The second-order valence-corrected chi connectivity index (χ2v) is 4.01. The Labute approximate surface area is 106 Å². The molecular weight excluding hydrogens is 230 g/mol. The maximum atomic E-state index is 5.30. The highest BCUT2D eigenvalue weighted by Gasteiger charge is 2.07. The van der Waals surface area contributed by atoms with Crippen molar-refractivity contribution < 1.29 is 4.74 Å². The van der Waals surface area contributed by atoms with E-state index in [9.17, 15) is 0 Å². The number of rotatable bonds is 7. The van der Waals surface area contributed by atoms with Gasteiger partial charge in [-0.15, -0.1) is 0 Å². The number of aromatic nitrogens is 4. The summed E-state index contributed by atoms with van der Waals surface area (Å²) >= 11 is 0. The summed E-state index contributed by atoms with van der Waals surface area (Å²) < 4.78 is 7.28. The normalized spacial score (nSPS) is 10.8. The quantitative estimate of drug-likeness (QED) is 0.733. The number of ether oxygens (including phenoxy) is 1. The third kappa shape index (κ3) is 3.10. The number of anilines is 1. The molecule has 2 aromatic rings. The Kier molecular flexibility index (Phi) is 4.35. The zero-order chi connectivity index (χ0) is 12.8. The molecule has 0 aromatic carbocycles. The second kappa shape index (κ2) is 6.20. The summed E-state index contributed by atoms with van der Waals surface area (Å²) in [6, 6.07) is 0. The fourth-order valence-corrected chi connectivity index (χ4v) is 1.71. The van der Waals surface area contributed by atoms with Crippen molar-refractivity contribution >= 4 is 5.95 Å². The highest BCUT2D eigenvalue weighted by Crippen LogP contribution is 2.14. The Morgan fingerprint density at radius 3 is 3.11 bits per heavy atom. The molecule has 0 aliphatic heterocycles. The molecule has 18 heavy (non-hydrogen) atoms. The monoisotopic (exact) mass is 249 g/mol. The number of nitrogens with zero attached hydrogens (tertiary/aromatic N) is 3. The van der Waals surface area contributed by atoms with Crippen molar-refractivity contribution in [3.63, 3.8) is 0 Å². The van der Waals surface area contributed by atoms with E-state index >= 15 is 0 Å². The van der Waals surface area contributed by atoms with Gasteiger partial charge in [-0.05, 0) is 20.3 Å². The van der Waals surface area contributed by atoms with Crippen molar-refractivity contribution in [3.8, 4) is 5.69 Å². The van der Waals surface area contributed by atoms with E-state index in [1.165, 1.54) is 0 Å². The molecule has 2 rings (SSSR count). The third-order valence-electron chi connectivity index (χ3n) is 2.54. The average Bonchev–Trinajstić information content (AvgIpc) is 2.98. The van der Waals surface area contributed by atoms with Crippen LogP contribution >= 0.6 is 0 Å². The maximum absolute atomic E-state index is 5.30. The summed E-state index contributed by atoms with van der Waals surface area (Å²) in [6.45, 7) is 6.36. The van der Waals surface area contributed by atoms with Gasteiger partial charge in [0.2, 0.25) is 5.95 Å². The maximum Gasteiger partial charge on any atom is 0.207 e. The lowest BCUT2D eigenvalue weighted by molar-refractivity contribution is 0.147. The SMILES string of the molecule is CCOCCCNc1nc(C)cn1-c1cn[nH]c1. The fraction of sp³-hybridized carbons (Fsp3) is 0.500. The molecule has 0 amide bonds. The first-order valence-corrected chi connectivity index (χ1v) is 6.18. The summed E-state index contributed by atoms with van der Waals surface area (Å²) in [5.74, 6) is 0.838. The molecule has 0 aliphatic rings. The smallest absolute Gasteiger partial charge is 0.207 e. The molecule has 0 radical (unpaired) electrons. The van der Waals surface area contributed by atoms with Crippen molar-refractivity contribution in [2.75, 3.05) is 25.1 Å². The second-order valence-electron chi connectivity index (χ2n) is 4.01. The Morgan fingerprint density at radius 2 is 2.39 bits per heavy atom. The predicted molar refractivity (Wildman–Crippen MR) is 70.0 cm³/mol. The van der Waals surface area contributed by atoms with Crippen molar-refractivity contribution in [2.45, 2.75) is 20.3 Å². The van der Waals surface area contributed by atoms with E-state index < -0.39 is 0 Å². The molecule has 0 unspecified atom stereocenters. The Bertz CT molecular complexity index is 463. The molecule has 0 saturated heterocycles. The number of aryl methyl sites for hydroxylation is 1. The minimum Gasteiger partial charge on any atom is -0.382 e. The number of imidazole rings is 1. The highest BCUT2D eigenvalue weighted by molar-refractivity contribution is 5.40. The van der Waals surface area contributed by atoms with Gasteiger partial charge in [-0.3, -0.25) is 9.67 Å². The van der Waals surface area contributed by atoms with Gasteiger partial charge < -0.3 is 10.1 Å². The first-order chi connectivity index (χ1) is 8.81. The zero-order valence-electron chi connectivity index (χ0n) is 10.8. The van der Waals surface area contributed by atoms with Crippen LogP contribution in [0.3, 0.4) is 0 Å². The van der Waals surface area contributed by atoms with Gasteiger partial charge >= 0.3 is 0 Å². The molecule has 0 spiro atoms. The third-order valence-corrected chi connectivity index (χ3v) is 2.54. The van der Waals surface area contributed by atoms with Crippen molar-refractivity contribution in [1.29, 1.82) is 0 Å². The first-order valence-electron chi connectivity index (χ1n) is 6.18. The fourth-order valence-electron chi connectivity index (χ4n) is 1.71. The Hall–Kier alpha value is -1.82. The van der Waals surface area contributed by atoms with Crippen molar-refractivity contribution in [1.82, 2.24) is 19.7 Å². The molecule has 2 heterocycles. The van der Waals surface area contributed by atoms with Crippen LogP contribution in [-0.4, -0.2) is 39.5 Å². The summed E-state index contributed by atoms with van der Waals surface area (Å²) in [5.41, 5.74) is 1.95. The Balaban J connectivity index is 1.96. The van der Waals surface area contributed by atoms with Gasteiger partial charge in [-0.25, -0.2) is 4.98 Å². The molecule has 6 nitrogen and oxygen atoms in total. The molecule has 98 valence electrons.